The van der Waals surface area contributed by atoms with Crippen LogP contribution >= 0.6 is 0 Å². The summed E-state index contributed by atoms with van der Waals surface area (Å²) in [6.07, 6.45) is 4.91. The van der Waals surface area contributed by atoms with E-state index < -0.39 is 0 Å². The van der Waals surface area contributed by atoms with E-state index in [2.05, 4.69) is 0 Å². The molecule has 0 heterocycles. The molecular formula is C17H23FO3. The Hall–Kier alpha value is -1.42. The maximum absolute atomic E-state index is 13.8. The Balaban J connectivity index is 1.89. The minimum Gasteiger partial charge on any atom is -0.469 e. The molecule has 0 radical (unpaired) electrons. The van der Waals surface area contributed by atoms with Crippen LogP contribution in [0, 0.1) is 17.7 Å². The van der Waals surface area contributed by atoms with Gasteiger partial charge >= 0.3 is 5.97 Å². The first-order valence-corrected chi connectivity index (χ1v) is 7.60. The van der Waals surface area contributed by atoms with Gasteiger partial charge in [-0.25, -0.2) is 4.39 Å². The van der Waals surface area contributed by atoms with Crippen LogP contribution in [0.5, 0.6) is 0 Å². The molecule has 3 nitrogen and oxygen atoms in total. The summed E-state index contributed by atoms with van der Waals surface area (Å²) >= 11 is 0. The number of carbonyl (C=O) groups is 1. The zero-order valence-corrected chi connectivity index (χ0v) is 12.5. The molecule has 0 bridgehead atoms. The van der Waals surface area contributed by atoms with Crippen molar-refractivity contribution in [2.75, 3.05) is 13.7 Å². The molecule has 0 amide bonds. The molecule has 1 aromatic rings. The fourth-order valence-corrected chi connectivity index (χ4v) is 3.14. The number of rotatable bonds is 5. The number of benzene rings is 1. The molecule has 1 aliphatic carbocycles. The number of esters is 1. The Morgan fingerprint density at radius 1 is 1.33 bits per heavy atom. The zero-order valence-electron chi connectivity index (χ0n) is 12.5. The van der Waals surface area contributed by atoms with Crippen LogP contribution in [-0.2, 0) is 22.4 Å². The van der Waals surface area contributed by atoms with E-state index in [4.69, 9.17) is 9.84 Å². The van der Waals surface area contributed by atoms with Gasteiger partial charge in [0, 0.05) is 6.61 Å². The van der Waals surface area contributed by atoms with Crippen molar-refractivity contribution < 1.29 is 19.0 Å². The van der Waals surface area contributed by atoms with E-state index in [-0.39, 0.29) is 24.3 Å². The molecule has 0 saturated heterocycles. The average Bonchev–Trinajstić information content (AvgIpc) is 2.50. The van der Waals surface area contributed by atoms with Crippen molar-refractivity contribution in [1.82, 2.24) is 0 Å². The van der Waals surface area contributed by atoms with E-state index in [0.717, 1.165) is 37.7 Å². The van der Waals surface area contributed by atoms with Gasteiger partial charge in [0.2, 0.25) is 0 Å². The van der Waals surface area contributed by atoms with Gasteiger partial charge in [0.1, 0.15) is 5.82 Å². The van der Waals surface area contributed by atoms with E-state index >= 15 is 0 Å². The summed E-state index contributed by atoms with van der Waals surface area (Å²) in [6, 6.07) is 5.29. The van der Waals surface area contributed by atoms with Crippen molar-refractivity contribution in [3.63, 3.8) is 0 Å². The van der Waals surface area contributed by atoms with Crippen LogP contribution in [0.2, 0.25) is 0 Å². The molecule has 116 valence electrons. The van der Waals surface area contributed by atoms with Crippen molar-refractivity contribution in [2.45, 2.75) is 38.5 Å². The molecule has 0 spiro atoms. The largest absolute Gasteiger partial charge is 0.469 e. The topological polar surface area (TPSA) is 46.5 Å². The van der Waals surface area contributed by atoms with E-state index in [1.807, 2.05) is 6.07 Å². The fourth-order valence-electron chi connectivity index (χ4n) is 3.14. The second kappa shape index (κ2) is 7.55. The van der Waals surface area contributed by atoms with E-state index in [0.29, 0.717) is 17.9 Å². The van der Waals surface area contributed by atoms with Gasteiger partial charge in [0.05, 0.1) is 13.0 Å². The molecular weight excluding hydrogens is 271 g/mol. The highest BCUT2D eigenvalue weighted by Gasteiger charge is 2.26. The first kappa shape index (κ1) is 16.0. The summed E-state index contributed by atoms with van der Waals surface area (Å²) < 4.78 is 18.6. The molecule has 21 heavy (non-hydrogen) atoms. The monoisotopic (exact) mass is 294 g/mol. The second-order valence-corrected chi connectivity index (χ2v) is 5.84. The van der Waals surface area contributed by atoms with Crippen LogP contribution in [-0.4, -0.2) is 24.8 Å². The third kappa shape index (κ3) is 4.27. The lowest BCUT2D eigenvalue weighted by Crippen LogP contribution is -2.23. The molecule has 1 saturated carbocycles. The van der Waals surface area contributed by atoms with Crippen LogP contribution in [0.15, 0.2) is 18.2 Å². The lowest BCUT2D eigenvalue weighted by Gasteiger charge is -2.27. The average molecular weight is 294 g/mol. The number of aliphatic hydroxyl groups is 1. The van der Waals surface area contributed by atoms with Crippen LogP contribution in [0.3, 0.4) is 0 Å². The zero-order chi connectivity index (χ0) is 15.2. The molecule has 1 aromatic carbocycles. The molecule has 0 unspecified atom stereocenters. The van der Waals surface area contributed by atoms with Crippen molar-refractivity contribution in [1.29, 1.82) is 0 Å². The first-order valence-electron chi connectivity index (χ1n) is 7.60. The second-order valence-electron chi connectivity index (χ2n) is 5.84. The van der Waals surface area contributed by atoms with Crippen molar-refractivity contribution in [3.8, 4) is 0 Å². The predicted octanol–water partition coefficient (Wildman–Crippen LogP) is 2.88. The quantitative estimate of drug-likeness (QED) is 0.849. The molecule has 1 aliphatic rings. The smallest absolute Gasteiger partial charge is 0.308 e. The lowest BCUT2D eigenvalue weighted by molar-refractivity contribution is -0.146. The maximum atomic E-state index is 13.8. The highest BCUT2D eigenvalue weighted by Crippen LogP contribution is 2.31. The Kier molecular flexibility index (Phi) is 5.74. The SMILES string of the molecule is COC(=O)[C@H]1CC[C@H](Cc2ccc(CCO)c(F)c2)CC1. The van der Waals surface area contributed by atoms with Gasteiger partial charge < -0.3 is 9.84 Å². The summed E-state index contributed by atoms with van der Waals surface area (Å²) in [5.41, 5.74) is 1.56. The predicted molar refractivity (Wildman–Crippen MR) is 78.4 cm³/mol. The van der Waals surface area contributed by atoms with Gasteiger partial charge in [0.15, 0.2) is 0 Å². The van der Waals surface area contributed by atoms with Gasteiger partial charge in [-0.2, -0.15) is 0 Å². The van der Waals surface area contributed by atoms with Crippen molar-refractivity contribution in [3.05, 3.63) is 35.1 Å². The number of aliphatic hydroxyl groups excluding tert-OH is 1. The third-order valence-electron chi connectivity index (χ3n) is 4.40. The number of carbonyl (C=O) groups excluding carboxylic acids is 1. The summed E-state index contributed by atoms with van der Waals surface area (Å²) in [5, 5.41) is 8.86. The van der Waals surface area contributed by atoms with E-state index in [9.17, 15) is 9.18 Å². The normalized spacial score (nSPS) is 22.0. The summed E-state index contributed by atoms with van der Waals surface area (Å²) in [5.74, 6) is 0.210. The van der Waals surface area contributed by atoms with Crippen LogP contribution < -0.4 is 0 Å². The highest BCUT2D eigenvalue weighted by molar-refractivity contribution is 5.72. The molecule has 0 aromatic heterocycles. The fraction of sp³-hybridized carbons (Fsp3) is 0.588. The summed E-state index contributed by atoms with van der Waals surface area (Å²) in [4.78, 5) is 11.5. The van der Waals surface area contributed by atoms with E-state index in [1.54, 1.807) is 12.1 Å². The van der Waals surface area contributed by atoms with Crippen LogP contribution in [0.1, 0.15) is 36.8 Å². The molecule has 0 aliphatic heterocycles. The Morgan fingerprint density at radius 3 is 2.62 bits per heavy atom. The summed E-state index contributed by atoms with van der Waals surface area (Å²) in [7, 11) is 1.44. The van der Waals surface area contributed by atoms with Crippen LogP contribution in [0.4, 0.5) is 4.39 Å². The van der Waals surface area contributed by atoms with Gasteiger partial charge in [-0.1, -0.05) is 12.1 Å². The van der Waals surface area contributed by atoms with Crippen molar-refractivity contribution >= 4 is 5.97 Å². The van der Waals surface area contributed by atoms with Crippen LogP contribution in [0.25, 0.3) is 0 Å². The minimum atomic E-state index is -0.232. The molecule has 4 heteroatoms. The Bertz CT molecular complexity index is 479. The number of methoxy groups -OCH3 is 1. The number of hydrogen-bond acceptors (Lipinski definition) is 3. The van der Waals surface area contributed by atoms with Gasteiger partial charge in [0.25, 0.3) is 0 Å². The number of hydrogen-bond donors (Lipinski definition) is 1. The summed E-state index contributed by atoms with van der Waals surface area (Å²) in [6.45, 7) is -0.0339. The van der Waals surface area contributed by atoms with Gasteiger partial charge in [-0.05, 0) is 61.6 Å². The van der Waals surface area contributed by atoms with Gasteiger partial charge in [-0.15, -0.1) is 0 Å². The lowest BCUT2D eigenvalue weighted by atomic mass is 9.79. The van der Waals surface area contributed by atoms with E-state index in [1.165, 1.54) is 7.11 Å². The molecule has 0 atom stereocenters. The minimum absolute atomic E-state index is 0.0339. The Labute approximate surface area is 125 Å². The number of halogens is 1. The Morgan fingerprint density at radius 2 is 2.05 bits per heavy atom. The molecule has 2 rings (SSSR count). The highest BCUT2D eigenvalue weighted by atomic mass is 19.1. The maximum Gasteiger partial charge on any atom is 0.308 e. The first-order chi connectivity index (χ1) is 10.1. The van der Waals surface area contributed by atoms with Gasteiger partial charge in [-0.3, -0.25) is 4.79 Å². The van der Waals surface area contributed by atoms with Crippen molar-refractivity contribution in [2.24, 2.45) is 11.8 Å². The third-order valence-corrected chi connectivity index (χ3v) is 4.40. The number of ether oxygens (including phenoxy) is 1. The molecule has 1 N–H and O–H groups in total. The standard InChI is InChI=1S/C17H23FO3/c1-21-17(20)15-6-2-12(3-7-15)10-13-4-5-14(8-9-19)16(18)11-13/h4-5,11-12,15,19H,2-3,6-10H2,1H3/t12-,15-. The molecule has 1 fully saturated rings.